The van der Waals surface area contributed by atoms with Gasteiger partial charge >= 0.3 is 0 Å². The van der Waals surface area contributed by atoms with Crippen molar-refractivity contribution < 1.29 is 14.3 Å². The minimum atomic E-state index is 0.0765. The Kier molecular flexibility index (Phi) is 5.41. The zero-order valence-corrected chi connectivity index (χ0v) is 12.3. The number of carbonyl (C=O) groups excluding carboxylic acids is 1. The Balaban J connectivity index is 1.94. The number of carbonyl (C=O) groups is 1. The van der Waals surface area contributed by atoms with E-state index in [1.807, 2.05) is 29.2 Å². The smallest absolute Gasteiger partial charge is 0.257 e. The molecule has 1 aromatic rings. The van der Waals surface area contributed by atoms with E-state index in [2.05, 4.69) is 0 Å². The summed E-state index contributed by atoms with van der Waals surface area (Å²) in [4.78, 5) is 14.5. The van der Waals surface area contributed by atoms with Gasteiger partial charge in [-0.3, -0.25) is 4.79 Å². The lowest BCUT2D eigenvalue weighted by molar-refractivity contribution is 0.0666. The summed E-state index contributed by atoms with van der Waals surface area (Å²) in [5, 5.41) is 0. The molecule has 1 heterocycles. The highest BCUT2D eigenvalue weighted by atomic mass is 16.5. The molecule has 110 valence electrons. The summed E-state index contributed by atoms with van der Waals surface area (Å²) >= 11 is 0. The first kappa shape index (κ1) is 14.9. The Morgan fingerprint density at radius 3 is 2.60 bits per heavy atom. The van der Waals surface area contributed by atoms with Crippen molar-refractivity contribution in [2.45, 2.75) is 19.3 Å². The minimum absolute atomic E-state index is 0.0765. The summed E-state index contributed by atoms with van der Waals surface area (Å²) in [6.45, 7) is 2.46. The second kappa shape index (κ2) is 7.29. The highest BCUT2D eigenvalue weighted by Crippen LogP contribution is 2.24. The molecule has 0 bridgehead atoms. The molecule has 0 aliphatic carbocycles. The average molecular weight is 277 g/mol. The number of ether oxygens (including phenoxy) is 2. The maximum atomic E-state index is 12.5. The van der Waals surface area contributed by atoms with E-state index < -0.39 is 0 Å². The Morgan fingerprint density at radius 1 is 1.25 bits per heavy atom. The number of para-hydroxylation sites is 1. The average Bonchev–Trinajstić information content (AvgIpc) is 2.52. The van der Waals surface area contributed by atoms with Gasteiger partial charge in [-0.15, -0.1) is 0 Å². The second-order valence-electron chi connectivity index (χ2n) is 5.22. The van der Waals surface area contributed by atoms with Crippen LogP contribution in [0.2, 0.25) is 0 Å². The predicted molar refractivity (Wildman–Crippen MR) is 78.1 cm³/mol. The molecular weight excluding hydrogens is 254 g/mol. The molecule has 0 aromatic heterocycles. The Bertz CT molecular complexity index is 439. The lowest BCUT2D eigenvalue weighted by Gasteiger charge is -2.32. The molecule has 0 unspecified atom stereocenters. The number of methoxy groups -OCH3 is 2. The molecule has 1 fully saturated rings. The van der Waals surface area contributed by atoms with Gasteiger partial charge in [0.05, 0.1) is 12.7 Å². The fraction of sp³-hybridized carbons (Fsp3) is 0.562. The number of likely N-dealkylation sites (tertiary alicyclic amines) is 1. The first-order chi connectivity index (χ1) is 9.76. The maximum absolute atomic E-state index is 12.5. The van der Waals surface area contributed by atoms with Crippen LogP contribution in [0.3, 0.4) is 0 Å². The molecule has 4 heteroatoms. The number of amides is 1. The monoisotopic (exact) mass is 277 g/mol. The van der Waals surface area contributed by atoms with E-state index in [0.717, 1.165) is 39.0 Å². The van der Waals surface area contributed by atoms with Gasteiger partial charge in [0.2, 0.25) is 0 Å². The number of hydrogen-bond donors (Lipinski definition) is 0. The minimum Gasteiger partial charge on any atom is -0.496 e. The molecule has 1 saturated heterocycles. The zero-order chi connectivity index (χ0) is 14.4. The zero-order valence-electron chi connectivity index (χ0n) is 12.3. The fourth-order valence-corrected chi connectivity index (χ4v) is 2.70. The van der Waals surface area contributed by atoms with E-state index in [1.165, 1.54) is 0 Å². The van der Waals surface area contributed by atoms with Crippen LogP contribution in [-0.2, 0) is 4.74 Å². The van der Waals surface area contributed by atoms with Crippen molar-refractivity contribution in [1.82, 2.24) is 4.90 Å². The standard InChI is InChI=1S/C16H23NO3/c1-19-12-9-13-7-10-17(11-8-13)16(18)14-5-3-4-6-15(14)20-2/h3-6,13H,7-12H2,1-2H3. The van der Waals surface area contributed by atoms with Gasteiger partial charge in [-0.1, -0.05) is 12.1 Å². The predicted octanol–water partition coefficient (Wildman–Crippen LogP) is 2.58. The van der Waals surface area contributed by atoms with Crippen molar-refractivity contribution in [3.63, 3.8) is 0 Å². The molecule has 4 nitrogen and oxygen atoms in total. The maximum Gasteiger partial charge on any atom is 0.257 e. The van der Waals surface area contributed by atoms with E-state index in [1.54, 1.807) is 14.2 Å². The van der Waals surface area contributed by atoms with Crippen LogP contribution >= 0.6 is 0 Å². The number of piperidine rings is 1. The molecule has 0 saturated carbocycles. The summed E-state index contributed by atoms with van der Waals surface area (Å²) in [7, 11) is 3.34. The summed E-state index contributed by atoms with van der Waals surface area (Å²) < 4.78 is 10.4. The summed E-state index contributed by atoms with van der Waals surface area (Å²) in [5.74, 6) is 1.41. The highest BCUT2D eigenvalue weighted by molar-refractivity contribution is 5.97. The molecule has 1 amide bonds. The molecule has 2 rings (SSSR count). The first-order valence-electron chi connectivity index (χ1n) is 7.17. The van der Waals surface area contributed by atoms with E-state index in [9.17, 15) is 4.79 Å². The van der Waals surface area contributed by atoms with Gasteiger partial charge in [-0.25, -0.2) is 0 Å². The van der Waals surface area contributed by atoms with Crippen LogP contribution in [0, 0.1) is 5.92 Å². The van der Waals surface area contributed by atoms with Crippen LogP contribution in [0.25, 0.3) is 0 Å². The van der Waals surface area contributed by atoms with Crippen LogP contribution in [0.5, 0.6) is 5.75 Å². The van der Waals surface area contributed by atoms with Gasteiger partial charge in [0.15, 0.2) is 0 Å². The van der Waals surface area contributed by atoms with Crippen molar-refractivity contribution >= 4 is 5.91 Å². The Morgan fingerprint density at radius 2 is 1.95 bits per heavy atom. The summed E-state index contributed by atoms with van der Waals surface area (Å²) in [6.07, 6.45) is 3.21. The number of nitrogens with zero attached hydrogens (tertiary/aromatic N) is 1. The quantitative estimate of drug-likeness (QED) is 0.830. The van der Waals surface area contributed by atoms with E-state index in [0.29, 0.717) is 17.2 Å². The van der Waals surface area contributed by atoms with Crippen LogP contribution < -0.4 is 4.74 Å². The third-order valence-corrected chi connectivity index (χ3v) is 3.97. The summed E-state index contributed by atoms with van der Waals surface area (Å²) in [6, 6.07) is 7.42. The molecule has 1 aromatic carbocycles. The number of rotatable bonds is 5. The molecule has 1 aliphatic heterocycles. The SMILES string of the molecule is COCCC1CCN(C(=O)c2ccccc2OC)CC1. The third-order valence-electron chi connectivity index (χ3n) is 3.97. The van der Waals surface area contributed by atoms with Gasteiger partial charge in [-0.2, -0.15) is 0 Å². The van der Waals surface area contributed by atoms with Gasteiger partial charge in [-0.05, 0) is 37.3 Å². The van der Waals surface area contributed by atoms with Gasteiger partial charge < -0.3 is 14.4 Å². The van der Waals surface area contributed by atoms with E-state index in [4.69, 9.17) is 9.47 Å². The van der Waals surface area contributed by atoms with Crippen molar-refractivity contribution in [3.8, 4) is 5.75 Å². The van der Waals surface area contributed by atoms with Crippen LogP contribution in [0.1, 0.15) is 29.6 Å². The Hall–Kier alpha value is -1.55. The highest BCUT2D eigenvalue weighted by Gasteiger charge is 2.24. The first-order valence-corrected chi connectivity index (χ1v) is 7.17. The van der Waals surface area contributed by atoms with Crippen LogP contribution in [0.15, 0.2) is 24.3 Å². The summed E-state index contributed by atoms with van der Waals surface area (Å²) in [5.41, 5.74) is 0.658. The Labute approximate surface area is 120 Å². The number of hydrogen-bond acceptors (Lipinski definition) is 3. The van der Waals surface area contributed by atoms with Crippen LogP contribution in [0.4, 0.5) is 0 Å². The lowest BCUT2D eigenvalue weighted by atomic mass is 9.93. The molecule has 1 aliphatic rings. The van der Waals surface area contributed by atoms with Crippen molar-refractivity contribution in [3.05, 3.63) is 29.8 Å². The molecular formula is C16H23NO3. The van der Waals surface area contributed by atoms with Crippen molar-refractivity contribution in [1.29, 1.82) is 0 Å². The molecule has 0 N–H and O–H groups in total. The van der Waals surface area contributed by atoms with Crippen LogP contribution in [-0.4, -0.2) is 44.7 Å². The largest absolute Gasteiger partial charge is 0.496 e. The lowest BCUT2D eigenvalue weighted by Crippen LogP contribution is -2.38. The third kappa shape index (κ3) is 3.51. The second-order valence-corrected chi connectivity index (χ2v) is 5.22. The fourth-order valence-electron chi connectivity index (χ4n) is 2.70. The molecule has 0 atom stereocenters. The molecule has 0 spiro atoms. The molecule has 0 radical (unpaired) electrons. The van der Waals surface area contributed by atoms with E-state index >= 15 is 0 Å². The van der Waals surface area contributed by atoms with Gasteiger partial charge in [0.1, 0.15) is 5.75 Å². The van der Waals surface area contributed by atoms with Crippen molar-refractivity contribution in [2.75, 3.05) is 33.9 Å². The topological polar surface area (TPSA) is 38.8 Å². The van der Waals surface area contributed by atoms with E-state index in [-0.39, 0.29) is 5.91 Å². The van der Waals surface area contributed by atoms with Gasteiger partial charge in [0, 0.05) is 26.8 Å². The van der Waals surface area contributed by atoms with Crippen molar-refractivity contribution in [2.24, 2.45) is 5.92 Å². The normalized spacial score (nSPS) is 16.2. The molecule has 20 heavy (non-hydrogen) atoms. The number of benzene rings is 1. The van der Waals surface area contributed by atoms with Gasteiger partial charge in [0.25, 0.3) is 5.91 Å².